The minimum absolute atomic E-state index is 0.976. The van der Waals surface area contributed by atoms with Crippen molar-refractivity contribution >= 4 is 37.5 Å². The Balaban J connectivity index is 2.26. The van der Waals surface area contributed by atoms with E-state index in [-0.39, 0.29) is 0 Å². The summed E-state index contributed by atoms with van der Waals surface area (Å²) >= 11 is 7.07. The van der Waals surface area contributed by atoms with Crippen LogP contribution in [0.15, 0.2) is 51.7 Å². The van der Waals surface area contributed by atoms with Gasteiger partial charge in [0.05, 0.1) is 5.69 Å². The summed E-state index contributed by atoms with van der Waals surface area (Å²) in [6.07, 6.45) is 4.07. The molecule has 2 nitrogen and oxygen atoms in total. The molecule has 0 aliphatic heterocycles. The lowest BCUT2D eigenvalue weighted by Gasteiger charge is -1.98. The van der Waals surface area contributed by atoms with E-state index < -0.39 is 0 Å². The van der Waals surface area contributed by atoms with Crippen LogP contribution in [0.3, 0.4) is 0 Å². The standard InChI is InChI=1S/C14H10Br2N2/c1-9-6-10(15)7-18-8-13(17-14(9)18)11-4-2-3-5-12(11)16/h2-8H,1H3. The van der Waals surface area contributed by atoms with Gasteiger partial charge in [0.2, 0.25) is 0 Å². The Hall–Kier alpha value is -1.13. The molecule has 2 aromatic heterocycles. The molecule has 0 saturated heterocycles. The van der Waals surface area contributed by atoms with Gasteiger partial charge in [-0.3, -0.25) is 0 Å². The molecule has 0 unspecified atom stereocenters. The van der Waals surface area contributed by atoms with Crippen LogP contribution in [-0.2, 0) is 0 Å². The molecule has 0 spiro atoms. The smallest absolute Gasteiger partial charge is 0.140 e. The molecule has 0 radical (unpaired) electrons. The van der Waals surface area contributed by atoms with Crippen LogP contribution in [0, 0.1) is 6.92 Å². The van der Waals surface area contributed by atoms with Gasteiger partial charge >= 0.3 is 0 Å². The number of fused-ring (bicyclic) bond motifs is 1. The first kappa shape index (κ1) is 11.9. The number of hydrogen-bond acceptors (Lipinski definition) is 1. The summed E-state index contributed by atoms with van der Waals surface area (Å²) in [5, 5.41) is 0. The molecular formula is C14H10Br2N2. The van der Waals surface area contributed by atoms with Crippen molar-refractivity contribution in [1.29, 1.82) is 0 Å². The molecule has 3 rings (SSSR count). The SMILES string of the molecule is Cc1cc(Br)cn2cc(-c3ccccc3Br)nc12. The Labute approximate surface area is 122 Å². The van der Waals surface area contributed by atoms with Gasteiger partial charge in [0.1, 0.15) is 5.65 Å². The van der Waals surface area contributed by atoms with Crippen LogP contribution in [0.4, 0.5) is 0 Å². The van der Waals surface area contributed by atoms with Crippen LogP contribution in [0.25, 0.3) is 16.9 Å². The molecule has 90 valence electrons. The number of benzene rings is 1. The van der Waals surface area contributed by atoms with E-state index in [9.17, 15) is 0 Å². The molecule has 0 aliphatic rings. The van der Waals surface area contributed by atoms with Gasteiger partial charge in [-0.1, -0.05) is 34.1 Å². The van der Waals surface area contributed by atoms with Gasteiger partial charge in [0, 0.05) is 26.9 Å². The third-order valence-corrected chi connectivity index (χ3v) is 3.98. The van der Waals surface area contributed by atoms with E-state index in [1.807, 2.05) is 35.0 Å². The highest BCUT2D eigenvalue weighted by Gasteiger charge is 2.09. The fraction of sp³-hybridized carbons (Fsp3) is 0.0714. The van der Waals surface area contributed by atoms with Gasteiger partial charge in [-0.2, -0.15) is 0 Å². The summed E-state index contributed by atoms with van der Waals surface area (Å²) < 4.78 is 4.17. The minimum atomic E-state index is 0.976. The van der Waals surface area contributed by atoms with Gasteiger partial charge in [-0.15, -0.1) is 0 Å². The summed E-state index contributed by atoms with van der Waals surface area (Å²) in [6, 6.07) is 10.2. The fourth-order valence-corrected chi connectivity index (χ4v) is 3.08. The second-order valence-corrected chi connectivity index (χ2v) is 5.95. The Bertz CT molecular complexity index is 732. The summed E-state index contributed by atoms with van der Waals surface area (Å²) in [5.41, 5.74) is 4.23. The highest BCUT2D eigenvalue weighted by Crippen LogP contribution is 2.28. The number of hydrogen-bond donors (Lipinski definition) is 0. The quantitative estimate of drug-likeness (QED) is 0.603. The molecule has 0 aliphatic carbocycles. The van der Waals surface area contributed by atoms with Crippen molar-refractivity contribution in [2.24, 2.45) is 0 Å². The first-order chi connectivity index (χ1) is 8.65. The van der Waals surface area contributed by atoms with E-state index in [0.717, 1.165) is 31.4 Å². The zero-order valence-corrected chi connectivity index (χ0v) is 12.9. The van der Waals surface area contributed by atoms with Crippen molar-refractivity contribution in [1.82, 2.24) is 9.38 Å². The molecule has 3 aromatic rings. The zero-order chi connectivity index (χ0) is 12.7. The van der Waals surface area contributed by atoms with E-state index in [0.29, 0.717) is 0 Å². The van der Waals surface area contributed by atoms with Gasteiger partial charge < -0.3 is 4.40 Å². The molecule has 0 N–H and O–H groups in total. The maximum Gasteiger partial charge on any atom is 0.140 e. The van der Waals surface area contributed by atoms with Gasteiger partial charge in [-0.25, -0.2) is 4.98 Å². The lowest BCUT2D eigenvalue weighted by molar-refractivity contribution is 1.15. The third kappa shape index (κ3) is 1.99. The lowest BCUT2D eigenvalue weighted by Crippen LogP contribution is -1.86. The third-order valence-electron chi connectivity index (χ3n) is 2.85. The van der Waals surface area contributed by atoms with Crippen molar-refractivity contribution in [2.75, 3.05) is 0 Å². The van der Waals surface area contributed by atoms with Gasteiger partial charge in [0.15, 0.2) is 0 Å². The zero-order valence-electron chi connectivity index (χ0n) is 9.69. The second kappa shape index (κ2) is 4.52. The van der Waals surface area contributed by atoms with Gasteiger partial charge in [-0.05, 0) is 40.5 Å². The Morgan fingerprint density at radius 1 is 1.11 bits per heavy atom. The molecule has 2 heterocycles. The monoisotopic (exact) mass is 364 g/mol. The highest BCUT2D eigenvalue weighted by atomic mass is 79.9. The Kier molecular flexibility index (Phi) is 2.99. The summed E-state index contributed by atoms with van der Waals surface area (Å²) in [7, 11) is 0. The number of nitrogens with zero attached hydrogens (tertiary/aromatic N) is 2. The number of aryl methyl sites for hydroxylation is 1. The van der Waals surface area contributed by atoms with Crippen molar-refractivity contribution < 1.29 is 0 Å². The van der Waals surface area contributed by atoms with Gasteiger partial charge in [0.25, 0.3) is 0 Å². The van der Waals surface area contributed by atoms with E-state index in [1.54, 1.807) is 0 Å². The summed E-state index contributed by atoms with van der Waals surface area (Å²) in [5.74, 6) is 0. The minimum Gasteiger partial charge on any atom is -0.305 e. The van der Waals surface area contributed by atoms with Crippen LogP contribution in [0.2, 0.25) is 0 Å². The first-order valence-corrected chi connectivity index (χ1v) is 7.13. The van der Waals surface area contributed by atoms with E-state index in [4.69, 9.17) is 4.98 Å². The van der Waals surface area contributed by atoms with Crippen LogP contribution in [0.5, 0.6) is 0 Å². The molecule has 0 amide bonds. The van der Waals surface area contributed by atoms with E-state index in [2.05, 4.69) is 50.9 Å². The molecule has 0 atom stereocenters. The van der Waals surface area contributed by atoms with Crippen molar-refractivity contribution in [3.63, 3.8) is 0 Å². The number of aromatic nitrogens is 2. The molecule has 4 heteroatoms. The molecule has 0 saturated carbocycles. The number of pyridine rings is 1. The predicted molar refractivity (Wildman–Crippen MR) is 80.8 cm³/mol. The van der Waals surface area contributed by atoms with Crippen molar-refractivity contribution in [3.05, 3.63) is 57.2 Å². The van der Waals surface area contributed by atoms with Crippen LogP contribution in [-0.4, -0.2) is 9.38 Å². The maximum absolute atomic E-state index is 4.70. The van der Waals surface area contributed by atoms with Crippen LogP contribution in [0.1, 0.15) is 5.56 Å². The Morgan fingerprint density at radius 3 is 2.67 bits per heavy atom. The molecular weight excluding hydrogens is 356 g/mol. The number of imidazole rings is 1. The molecule has 0 fully saturated rings. The number of rotatable bonds is 1. The highest BCUT2D eigenvalue weighted by molar-refractivity contribution is 9.10. The normalized spacial score (nSPS) is 11.1. The maximum atomic E-state index is 4.70. The van der Waals surface area contributed by atoms with Crippen molar-refractivity contribution in [2.45, 2.75) is 6.92 Å². The lowest BCUT2D eigenvalue weighted by atomic mass is 10.2. The average molecular weight is 366 g/mol. The average Bonchev–Trinajstić information content (AvgIpc) is 2.73. The summed E-state index contributed by atoms with van der Waals surface area (Å²) in [6.45, 7) is 2.07. The fourth-order valence-electron chi connectivity index (χ4n) is 2.02. The second-order valence-electron chi connectivity index (χ2n) is 4.18. The summed E-state index contributed by atoms with van der Waals surface area (Å²) in [4.78, 5) is 4.70. The molecule has 18 heavy (non-hydrogen) atoms. The topological polar surface area (TPSA) is 17.3 Å². The molecule has 0 bridgehead atoms. The van der Waals surface area contributed by atoms with E-state index >= 15 is 0 Å². The largest absolute Gasteiger partial charge is 0.305 e. The van der Waals surface area contributed by atoms with Crippen molar-refractivity contribution in [3.8, 4) is 11.3 Å². The first-order valence-electron chi connectivity index (χ1n) is 5.55. The Morgan fingerprint density at radius 2 is 1.89 bits per heavy atom. The molecule has 1 aromatic carbocycles. The van der Waals surface area contributed by atoms with E-state index in [1.165, 1.54) is 0 Å². The predicted octanol–water partition coefficient (Wildman–Crippen LogP) is 4.83. The number of halogens is 2. The van der Waals surface area contributed by atoms with Crippen LogP contribution >= 0.6 is 31.9 Å². The van der Waals surface area contributed by atoms with Crippen LogP contribution < -0.4 is 0 Å².